The average molecular weight is 348 g/mol. The van der Waals surface area contributed by atoms with Gasteiger partial charge in [-0.25, -0.2) is 4.79 Å². The van der Waals surface area contributed by atoms with Crippen molar-refractivity contribution in [2.45, 2.75) is 13.8 Å². The number of esters is 1. The Morgan fingerprint density at radius 2 is 1.27 bits per heavy atom. The van der Waals surface area contributed by atoms with Crippen LogP contribution in [0, 0.1) is 13.8 Å². The molecule has 0 aliphatic heterocycles. The van der Waals surface area contributed by atoms with Crippen LogP contribution in [-0.2, 0) is 0 Å². The number of hydrogen-bond acceptors (Lipinski definition) is 4. The van der Waals surface area contributed by atoms with Gasteiger partial charge >= 0.3 is 17.8 Å². The number of aromatic nitrogens is 1. The third kappa shape index (κ3) is 4.13. The van der Waals surface area contributed by atoms with E-state index in [0.717, 1.165) is 15.7 Å². The second-order valence-corrected chi connectivity index (χ2v) is 5.84. The standard InChI is InChI=1S/C21H18NO4/c1-15-6-10-17(11-7-15)25-20(23)19-5-3-4-14-22(19)21(24)26-18-12-8-16(2)9-13-18/h3-14H,1-2H3/q+1. The zero-order chi connectivity index (χ0) is 18.5. The molecule has 26 heavy (non-hydrogen) atoms. The Kier molecular flexibility index (Phi) is 5.08. The van der Waals surface area contributed by atoms with Crippen LogP contribution in [0.5, 0.6) is 11.5 Å². The van der Waals surface area contributed by atoms with Gasteiger partial charge in [0.2, 0.25) is 0 Å². The van der Waals surface area contributed by atoms with E-state index in [1.54, 1.807) is 36.4 Å². The lowest BCUT2D eigenvalue weighted by Gasteiger charge is -2.05. The van der Waals surface area contributed by atoms with E-state index < -0.39 is 12.1 Å². The minimum absolute atomic E-state index is 0.0742. The first-order chi connectivity index (χ1) is 12.5. The van der Waals surface area contributed by atoms with Crippen molar-refractivity contribution in [2.75, 3.05) is 0 Å². The van der Waals surface area contributed by atoms with Gasteiger partial charge in [-0.3, -0.25) is 0 Å². The number of hydrogen-bond donors (Lipinski definition) is 0. The molecule has 3 aromatic rings. The van der Waals surface area contributed by atoms with Crippen molar-refractivity contribution in [2.24, 2.45) is 0 Å². The van der Waals surface area contributed by atoms with E-state index in [9.17, 15) is 9.59 Å². The highest BCUT2D eigenvalue weighted by molar-refractivity contribution is 5.88. The van der Waals surface area contributed by atoms with Gasteiger partial charge in [0.1, 0.15) is 11.5 Å². The maximum atomic E-state index is 12.5. The van der Waals surface area contributed by atoms with Gasteiger partial charge in [0.15, 0.2) is 6.20 Å². The molecule has 130 valence electrons. The summed E-state index contributed by atoms with van der Waals surface area (Å²) < 4.78 is 11.8. The van der Waals surface area contributed by atoms with E-state index in [1.165, 1.54) is 12.3 Å². The van der Waals surface area contributed by atoms with Crippen molar-refractivity contribution in [1.29, 1.82) is 0 Å². The van der Waals surface area contributed by atoms with Crippen LogP contribution in [0.15, 0.2) is 72.9 Å². The number of rotatable bonds is 3. The summed E-state index contributed by atoms with van der Waals surface area (Å²) in [5, 5.41) is 0. The van der Waals surface area contributed by atoms with E-state index in [2.05, 4.69) is 0 Å². The fourth-order valence-corrected chi connectivity index (χ4v) is 2.29. The molecular weight excluding hydrogens is 330 g/mol. The molecule has 2 aromatic carbocycles. The third-order valence-corrected chi connectivity index (χ3v) is 3.72. The molecule has 5 nitrogen and oxygen atoms in total. The van der Waals surface area contributed by atoms with Gasteiger partial charge in [-0.05, 0) is 44.2 Å². The van der Waals surface area contributed by atoms with Crippen molar-refractivity contribution in [3.05, 3.63) is 89.7 Å². The second-order valence-electron chi connectivity index (χ2n) is 5.84. The monoisotopic (exact) mass is 348 g/mol. The SMILES string of the molecule is Cc1ccc(OC(=O)c2cccc[n+]2C(=O)Oc2ccc(C)cc2)cc1. The van der Waals surface area contributed by atoms with Crippen LogP contribution < -0.4 is 14.0 Å². The van der Waals surface area contributed by atoms with E-state index in [-0.39, 0.29) is 5.69 Å². The first-order valence-corrected chi connectivity index (χ1v) is 8.11. The molecule has 0 N–H and O–H groups in total. The summed E-state index contributed by atoms with van der Waals surface area (Å²) in [5.74, 6) is 0.160. The van der Waals surface area contributed by atoms with Crippen LogP contribution in [0.2, 0.25) is 0 Å². The van der Waals surface area contributed by atoms with Gasteiger partial charge in [-0.2, -0.15) is 4.79 Å². The second kappa shape index (κ2) is 7.61. The Balaban J connectivity index is 1.80. The molecular formula is C21H18NO4+. The Bertz CT molecular complexity index is 852. The van der Waals surface area contributed by atoms with Crippen molar-refractivity contribution in [3.63, 3.8) is 0 Å². The number of benzene rings is 2. The van der Waals surface area contributed by atoms with Crippen LogP contribution in [0.4, 0.5) is 4.79 Å². The molecule has 0 saturated carbocycles. The van der Waals surface area contributed by atoms with Crippen LogP contribution in [-0.4, -0.2) is 12.1 Å². The van der Waals surface area contributed by atoms with E-state index in [4.69, 9.17) is 9.47 Å². The van der Waals surface area contributed by atoms with Crippen molar-refractivity contribution in [3.8, 4) is 11.5 Å². The third-order valence-electron chi connectivity index (χ3n) is 3.72. The molecule has 0 amide bonds. The molecule has 1 heterocycles. The summed E-state index contributed by atoms with van der Waals surface area (Å²) in [6, 6.07) is 18.9. The molecule has 3 rings (SSSR count). The van der Waals surface area contributed by atoms with Crippen molar-refractivity contribution < 1.29 is 23.6 Å². The lowest BCUT2D eigenvalue weighted by Crippen LogP contribution is -2.50. The fraction of sp³-hybridized carbons (Fsp3) is 0.0952. The smallest absolute Gasteiger partial charge is 0.419 e. The molecule has 1 aromatic heterocycles. The lowest BCUT2D eigenvalue weighted by atomic mass is 10.2. The predicted molar refractivity (Wildman–Crippen MR) is 95.4 cm³/mol. The molecule has 0 saturated heterocycles. The summed E-state index contributed by atoms with van der Waals surface area (Å²) in [5.41, 5.74) is 2.19. The highest BCUT2D eigenvalue weighted by Crippen LogP contribution is 2.14. The normalized spacial score (nSPS) is 10.2. The topological polar surface area (TPSA) is 56.5 Å². The minimum Gasteiger partial charge on any atom is -0.419 e. The molecule has 0 unspecified atom stereocenters. The summed E-state index contributed by atoms with van der Waals surface area (Å²) in [7, 11) is 0. The van der Waals surface area contributed by atoms with Crippen LogP contribution >= 0.6 is 0 Å². The Labute approximate surface area is 151 Å². The van der Waals surface area contributed by atoms with Gasteiger partial charge in [0.25, 0.3) is 0 Å². The number of nitrogens with zero attached hydrogens (tertiary/aromatic N) is 1. The van der Waals surface area contributed by atoms with E-state index >= 15 is 0 Å². The molecule has 5 heteroatoms. The highest BCUT2D eigenvalue weighted by atomic mass is 16.6. The minimum atomic E-state index is -0.690. The lowest BCUT2D eigenvalue weighted by molar-refractivity contribution is -0.585. The number of ether oxygens (including phenoxy) is 2. The molecule has 0 spiro atoms. The first kappa shape index (κ1) is 17.4. The quantitative estimate of drug-likeness (QED) is 0.410. The largest absolute Gasteiger partial charge is 0.608 e. The Morgan fingerprint density at radius 3 is 1.85 bits per heavy atom. The van der Waals surface area contributed by atoms with E-state index in [1.807, 2.05) is 38.1 Å². The van der Waals surface area contributed by atoms with Crippen LogP contribution in [0.3, 0.4) is 0 Å². The Morgan fingerprint density at radius 1 is 0.731 bits per heavy atom. The number of carbonyl (C=O) groups excluding carboxylic acids is 2. The molecule has 0 bridgehead atoms. The predicted octanol–water partition coefficient (Wildman–Crippen LogP) is 3.86. The number of carbonyl (C=O) groups is 2. The molecule has 0 atom stereocenters. The summed E-state index contributed by atoms with van der Waals surface area (Å²) >= 11 is 0. The first-order valence-electron chi connectivity index (χ1n) is 8.11. The summed E-state index contributed by atoms with van der Waals surface area (Å²) in [6.45, 7) is 3.88. The highest BCUT2D eigenvalue weighted by Gasteiger charge is 2.28. The van der Waals surface area contributed by atoms with Gasteiger partial charge in [-0.1, -0.05) is 40.0 Å². The maximum Gasteiger partial charge on any atom is 0.608 e. The number of pyridine rings is 1. The average Bonchev–Trinajstić information content (AvgIpc) is 2.65. The molecule has 0 aliphatic carbocycles. The molecule has 0 aliphatic rings. The molecule has 0 radical (unpaired) electrons. The fourth-order valence-electron chi connectivity index (χ4n) is 2.29. The van der Waals surface area contributed by atoms with Gasteiger partial charge in [0, 0.05) is 12.1 Å². The van der Waals surface area contributed by atoms with Crippen molar-refractivity contribution >= 4 is 12.1 Å². The van der Waals surface area contributed by atoms with E-state index in [0.29, 0.717) is 11.5 Å². The molecule has 0 fully saturated rings. The van der Waals surface area contributed by atoms with Gasteiger partial charge in [-0.15, -0.1) is 0 Å². The van der Waals surface area contributed by atoms with Crippen molar-refractivity contribution in [1.82, 2.24) is 0 Å². The van der Waals surface area contributed by atoms with Gasteiger partial charge in [0.05, 0.1) is 0 Å². The summed E-state index contributed by atoms with van der Waals surface area (Å²) in [4.78, 5) is 24.9. The number of aryl methyl sites for hydroxylation is 2. The Hall–Kier alpha value is -3.47. The van der Waals surface area contributed by atoms with Crippen LogP contribution in [0.25, 0.3) is 0 Å². The van der Waals surface area contributed by atoms with Gasteiger partial charge < -0.3 is 9.47 Å². The summed E-state index contributed by atoms with van der Waals surface area (Å²) in [6.07, 6.45) is 0.771. The zero-order valence-electron chi connectivity index (χ0n) is 14.5. The zero-order valence-corrected chi connectivity index (χ0v) is 14.5. The van der Waals surface area contributed by atoms with Crippen LogP contribution in [0.1, 0.15) is 21.6 Å². The maximum absolute atomic E-state index is 12.5.